The molecule has 0 saturated carbocycles. The second-order valence-corrected chi connectivity index (χ2v) is 10.2. The van der Waals surface area contributed by atoms with Gasteiger partial charge in [0.05, 0.1) is 33.8 Å². The number of anilines is 1. The second-order valence-electron chi connectivity index (χ2n) is 7.62. The number of carbonyl (C=O) groups is 1. The molecule has 0 aliphatic carbocycles. The number of nitrogens with zero attached hydrogens (tertiary/aromatic N) is 1. The molecule has 0 aliphatic rings. The predicted molar refractivity (Wildman–Crippen MR) is 109 cm³/mol. The van der Waals surface area contributed by atoms with Gasteiger partial charge < -0.3 is 10.4 Å². The van der Waals surface area contributed by atoms with Crippen LogP contribution >= 0.6 is 0 Å². The number of rotatable bonds is 6. The van der Waals surface area contributed by atoms with Gasteiger partial charge in [-0.3, -0.25) is 4.79 Å². The standard InChI is InChI=1S/C21H18F6N2O4S/c1-12(2)34(32,33)11-19(31,14-4-3-5-15(8-14)20(22,23)24)18(30)29-16-7-6-13(10-28)17(9-16)21(25,26)27/h3-9,12,31H,11H2,1-2H3,(H,29,30). The van der Waals surface area contributed by atoms with Crippen LogP contribution in [0.2, 0.25) is 0 Å². The molecule has 34 heavy (non-hydrogen) atoms. The van der Waals surface area contributed by atoms with Crippen LogP contribution in [-0.4, -0.2) is 30.4 Å². The number of amides is 1. The third kappa shape index (κ3) is 5.87. The normalized spacial score (nSPS) is 14.4. The lowest BCUT2D eigenvalue weighted by Crippen LogP contribution is -2.47. The summed E-state index contributed by atoms with van der Waals surface area (Å²) in [4.78, 5) is 13.0. The first-order chi connectivity index (χ1) is 15.4. The Morgan fingerprint density at radius 3 is 2.12 bits per heavy atom. The molecular weight excluding hydrogens is 490 g/mol. The molecule has 0 aliphatic heterocycles. The van der Waals surface area contributed by atoms with Crippen LogP contribution in [0, 0.1) is 11.3 Å². The van der Waals surface area contributed by atoms with Gasteiger partial charge in [0, 0.05) is 5.69 Å². The second kappa shape index (κ2) is 9.27. The zero-order chi connectivity index (χ0) is 26.1. The molecule has 184 valence electrons. The van der Waals surface area contributed by atoms with Crippen LogP contribution in [0.1, 0.15) is 36.1 Å². The van der Waals surface area contributed by atoms with E-state index in [1.54, 1.807) is 0 Å². The molecule has 1 atom stereocenters. The first-order valence-electron chi connectivity index (χ1n) is 9.46. The van der Waals surface area contributed by atoms with Crippen LogP contribution in [0.25, 0.3) is 0 Å². The Morgan fingerprint density at radius 1 is 1.03 bits per heavy atom. The molecule has 0 heterocycles. The Bertz CT molecular complexity index is 1230. The van der Waals surface area contributed by atoms with E-state index in [4.69, 9.17) is 5.26 Å². The van der Waals surface area contributed by atoms with E-state index >= 15 is 0 Å². The molecule has 0 spiro atoms. The molecule has 13 heteroatoms. The number of sulfone groups is 1. The Balaban J connectivity index is 2.61. The van der Waals surface area contributed by atoms with Crippen molar-refractivity contribution in [3.63, 3.8) is 0 Å². The fourth-order valence-corrected chi connectivity index (χ4v) is 4.09. The minimum absolute atomic E-state index is 0.384. The summed E-state index contributed by atoms with van der Waals surface area (Å²) in [5, 5.41) is 20.7. The fraction of sp³-hybridized carbons (Fsp3) is 0.333. The highest BCUT2D eigenvalue weighted by atomic mass is 32.2. The summed E-state index contributed by atoms with van der Waals surface area (Å²) >= 11 is 0. The lowest BCUT2D eigenvalue weighted by Gasteiger charge is -2.29. The third-order valence-electron chi connectivity index (χ3n) is 4.87. The van der Waals surface area contributed by atoms with Crippen molar-refractivity contribution in [3.05, 3.63) is 64.7 Å². The van der Waals surface area contributed by atoms with E-state index < -0.39 is 72.6 Å². The summed E-state index contributed by atoms with van der Waals surface area (Å²) in [6.07, 6.45) is -9.87. The highest BCUT2D eigenvalue weighted by molar-refractivity contribution is 7.92. The van der Waals surface area contributed by atoms with Crippen molar-refractivity contribution in [3.8, 4) is 6.07 Å². The number of nitriles is 1. The minimum atomic E-state index is -4.98. The van der Waals surface area contributed by atoms with Crippen LogP contribution in [0.15, 0.2) is 42.5 Å². The number of carbonyl (C=O) groups excluding carboxylic acids is 1. The molecule has 2 N–H and O–H groups in total. The molecule has 2 aromatic rings. The first-order valence-corrected chi connectivity index (χ1v) is 11.2. The maximum atomic E-state index is 13.2. The maximum Gasteiger partial charge on any atom is 0.417 e. The van der Waals surface area contributed by atoms with Gasteiger partial charge in [0.25, 0.3) is 5.91 Å². The molecule has 1 amide bonds. The van der Waals surface area contributed by atoms with Gasteiger partial charge >= 0.3 is 12.4 Å². The average Bonchev–Trinajstić information content (AvgIpc) is 2.72. The summed E-state index contributed by atoms with van der Waals surface area (Å²) in [6, 6.07) is 6.12. The van der Waals surface area contributed by atoms with Gasteiger partial charge in [-0.15, -0.1) is 0 Å². The summed E-state index contributed by atoms with van der Waals surface area (Å²) in [7, 11) is -4.25. The molecule has 0 radical (unpaired) electrons. The molecule has 2 aromatic carbocycles. The lowest BCUT2D eigenvalue weighted by atomic mass is 9.93. The highest BCUT2D eigenvalue weighted by Crippen LogP contribution is 2.36. The molecule has 0 saturated heterocycles. The van der Waals surface area contributed by atoms with Crippen molar-refractivity contribution in [2.45, 2.75) is 37.1 Å². The zero-order valence-electron chi connectivity index (χ0n) is 17.6. The summed E-state index contributed by atoms with van der Waals surface area (Å²) < 4.78 is 104. The summed E-state index contributed by atoms with van der Waals surface area (Å²) in [5.74, 6) is -2.92. The predicted octanol–water partition coefficient (Wildman–Crippen LogP) is 4.25. The Labute approximate surface area is 190 Å². The van der Waals surface area contributed by atoms with Gasteiger partial charge in [-0.05, 0) is 49.7 Å². The molecule has 0 aromatic heterocycles. The van der Waals surface area contributed by atoms with Crippen molar-refractivity contribution < 1.29 is 44.7 Å². The maximum absolute atomic E-state index is 13.2. The number of hydrogen-bond donors (Lipinski definition) is 2. The quantitative estimate of drug-likeness (QED) is 0.568. The Kier molecular flexibility index (Phi) is 7.39. The van der Waals surface area contributed by atoms with Gasteiger partial charge in [-0.25, -0.2) is 8.42 Å². The zero-order valence-corrected chi connectivity index (χ0v) is 18.4. The van der Waals surface area contributed by atoms with E-state index in [0.717, 1.165) is 24.3 Å². The average molecular weight is 508 g/mol. The third-order valence-corrected chi connectivity index (χ3v) is 7.13. The number of benzene rings is 2. The van der Waals surface area contributed by atoms with E-state index in [1.165, 1.54) is 19.9 Å². The van der Waals surface area contributed by atoms with Crippen LogP contribution in [-0.2, 0) is 32.6 Å². The summed E-state index contributed by atoms with van der Waals surface area (Å²) in [5.41, 5.74) is -7.84. The highest BCUT2D eigenvalue weighted by Gasteiger charge is 2.45. The van der Waals surface area contributed by atoms with E-state index in [0.29, 0.717) is 18.2 Å². The molecule has 6 nitrogen and oxygen atoms in total. The van der Waals surface area contributed by atoms with Crippen molar-refractivity contribution in [2.24, 2.45) is 0 Å². The number of hydrogen-bond acceptors (Lipinski definition) is 5. The molecular formula is C21H18F6N2O4S. The van der Waals surface area contributed by atoms with Gasteiger partial charge in [0.1, 0.15) is 0 Å². The van der Waals surface area contributed by atoms with Crippen molar-refractivity contribution >= 4 is 21.4 Å². The minimum Gasteiger partial charge on any atom is -0.374 e. The monoisotopic (exact) mass is 508 g/mol. The van der Waals surface area contributed by atoms with Gasteiger partial charge in [-0.2, -0.15) is 31.6 Å². The van der Waals surface area contributed by atoms with E-state index in [2.05, 4.69) is 0 Å². The van der Waals surface area contributed by atoms with Gasteiger partial charge in [0.15, 0.2) is 15.4 Å². The lowest BCUT2D eigenvalue weighted by molar-refractivity contribution is -0.138. The molecule has 2 rings (SSSR count). The van der Waals surface area contributed by atoms with Crippen molar-refractivity contribution in [1.29, 1.82) is 5.26 Å². The van der Waals surface area contributed by atoms with Crippen LogP contribution in [0.5, 0.6) is 0 Å². The Morgan fingerprint density at radius 2 is 1.62 bits per heavy atom. The van der Waals surface area contributed by atoms with Crippen LogP contribution in [0.4, 0.5) is 32.0 Å². The van der Waals surface area contributed by atoms with E-state index in [1.807, 2.05) is 5.32 Å². The molecule has 0 bridgehead atoms. The topological polar surface area (TPSA) is 107 Å². The number of aliphatic hydroxyl groups is 1. The molecule has 0 fully saturated rings. The number of halogens is 6. The fourth-order valence-electron chi connectivity index (χ4n) is 2.88. The first kappa shape index (κ1) is 27.1. The van der Waals surface area contributed by atoms with Crippen LogP contribution < -0.4 is 5.32 Å². The largest absolute Gasteiger partial charge is 0.417 e. The smallest absolute Gasteiger partial charge is 0.374 e. The molecule has 1 unspecified atom stereocenters. The van der Waals surface area contributed by atoms with Crippen molar-refractivity contribution in [2.75, 3.05) is 11.1 Å². The van der Waals surface area contributed by atoms with Crippen molar-refractivity contribution in [1.82, 2.24) is 0 Å². The number of nitrogens with one attached hydrogen (secondary N) is 1. The van der Waals surface area contributed by atoms with Gasteiger partial charge in [0.2, 0.25) is 0 Å². The Hall–Kier alpha value is -3.11. The summed E-state index contributed by atoms with van der Waals surface area (Å²) in [6.45, 7) is 2.44. The SMILES string of the molecule is CC(C)S(=O)(=O)CC(O)(C(=O)Nc1ccc(C#N)c(C(F)(F)F)c1)c1cccc(C(F)(F)F)c1. The van der Waals surface area contributed by atoms with Gasteiger partial charge in [-0.1, -0.05) is 12.1 Å². The van der Waals surface area contributed by atoms with E-state index in [9.17, 15) is 44.7 Å². The van der Waals surface area contributed by atoms with Crippen LogP contribution in [0.3, 0.4) is 0 Å². The number of alkyl halides is 6. The van der Waals surface area contributed by atoms with E-state index in [-0.39, 0.29) is 0 Å².